The van der Waals surface area contributed by atoms with Crippen molar-refractivity contribution in [1.29, 1.82) is 0 Å². The molecule has 0 saturated heterocycles. The Hall–Kier alpha value is -2.11. The molecule has 0 unspecified atom stereocenters. The van der Waals surface area contributed by atoms with E-state index in [0.29, 0.717) is 17.5 Å². The van der Waals surface area contributed by atoms with Crippen molar-refractivity contribution in [3.8, 4) is 0 Å². The Morgan fingerprint density at radius 1 is 1.44 bits per heavy atom. The van der Waals surface area contributed by atoms with Crippen molar-refractivity contribution in [2.24, 2.45) is 0 Å². The van der Waals surface area contributed by atoms with Crippen molar-refractivity contribution in [3.63, 3.8) is 0 Å². The van der Waals surface area contributed by atoms with E-state index in [4.69, 9.17) is 0 Å². The predicted octanol–water partition coefficient (Wildman–Crippen LogP) is 3.07. The van der Waals surface area contributed by atoms with Crippen LogP contribution in [0, 0.1) is 10.1 Å². The lowest BCUT2D eigenvalue weighted by atomic mass is 10.2. The molecule has 0 bridgehead atoms. The summed E-state index contributed by atoms with van der Waals surface area (Å²) < 4.78 is 0. The van der Waals surface area contributed by atoms with Gasteiger partial charge in [0.05, 0.1) is 16.0 Å². The Kier molecular flexibility index (Phi) is 3.45. The lowest BCUT2D eigenvalue weighted by Gasteiger charge is -2.12. The van der Waals surface area contributed by atoms with Gasteiger partial charge in [-0.1, -0.05) is 13.8 Å². The number of non-ortho nitro benzene ring substituents is 1. The van der Waals surface area contributed by atoms with Crippen LogP contribution in [0.4, 0.5) is 11.6 Å². The zero-order valence-corrected chi connectivity index (χ0v) is 10.4. The number of nitrogens with one attached hydrogen (secondary N) is 2. The lowest BCUT2D eigenvalue weighted by molar-refractivity contribution is -0.384. The first-order valence-electron chi connectivity index (χ1n) is 6.04. The highest BCUT2D eigenvalue weighted by molar-refractivity contribution is 5.79. The first kappa shape index (κ1) is 12.3. The number of rotatable bonds is 5. The van der Waals surface area contributed by atoms with Gasteiger partial charge >= 0.3 is 0 Å². The summed E-state index contributed by atoms with van der Waals surface area (Å²) in [6.07, 6.45) is 2.02. The van der Waals surface area contributed by atoms with Crippen LogP contribution >= 0.6 is 0 Å². The number of anilines is 1. The molecule has 1 heterocycles. The molecular formula is C12H16N4O2. The molecule has 18 heavy (non-hydrogen) atoms. The van der Waals surface area contributed by atoms with Gasteiger partial charge in [-0.2, -0.15) is 0 Å². The van der Waals surface area contributed by atoms with Gasteiger partial charge in [0.25, 0.3) is 5.69 Å². The number of nitro benzene ring substituents is 1. The van der Waals surface area contributed by atoms with Gasteiger partial charge in [0.15, 0.2) is 0 Å². The van der Waals surface area contributed by atoms with E-state index >= 15 is 0 Å². The maximum Gasteiger partial charge on any atom is 0.271 e. The third-order valence-corrected chi connectivity index (χ3v) is 3.00. The number of aromatic amines is 1. The van der Waals surface area contributed by atoms with Crippen LogP contribution in [0.15, 0.2) is 18.2 Å². The Labute approximate surface area is 105 Å². The second-order valence-corrected chi connectivity index (χ2v) is 4.20. The summed E-state index contributed by atoms with van der Waals surface area (Å²) >= 11 is 0. The first-order valence-corrected chi connectivity index (χ1v) is 6.04. The number of benzene rings is 1. The second-order valence-electron chi connectivity index (χ2n) is 4.20. The molecule has 1 aromatic carbocycles. The predicted molar refractivity (Wildman–Crippen MR) is 70.7 cm³/mol. The van der Waals surface area contributed by atoms with Crippen LogP contribution in [0.5, 0.6) is 0 Å². The van der Waals surface area contributed by atoms with Crippen LogP contribution in [0.2, 0.25) is 0 Å². The molecule has 0 spiro atoms. The topological polar surface area (TPSA) is 83.8 Å². The highest BCUT2D eigenvalue weighted by Crippen LogP contribution is 2.21. The highest BCUT2D eigenvalue weighted by atomic mass is 16.6. The van der Waals surface area contributed by atoms with E-state index in [0.717, 1.165) is 18.4 Å². The Morgan fingerprint density at radius 3 is 2.78 bits per heavy atom. The van der Waals surface area contributed by atoms with Crippen LogP contribution in [0.1, 0.15) is 26.7 Å². The monoisotopic (exact) mass is 248 g/mol. The molecule has 2 rings (SSSR count). The maximum atomic E-state index is 10.7. The summed E-state index contributed by atoms with van der Waals surface area (Å²) in [4.78, 5) is 17.7. The van der Waals surface area contributed by atoms with Crippen molar-refractivity contribution >= 4 is 22.7 Å². The number of hydrogen-bond donors (Lipinski definition) is 2. The fourth-order valence-corrected chi connectivity index (χ4v) is 1.87. The van der Waals surface area contributed by atoms with Gasteiger partial charge < -0.3 is 10.3 Å². The van der Waals surface area contributed by atoms with Crippen LogP contribution in [0.25, 0.3) is 11.0 Å². The minimum absolute atomic E-state index is 0.0697. The Morgan fingerprint density at radius 2 is 2.17 bits per heavy atom. The number of H-pyrrole nitrogens is 1. The van der Waals surface area contributed by atoms with Crippen molar-refractivity contribution in [2.45, 2.75) is 32.7 Å². The third kappa shape index (κ3) is 2.42. The summed E-state index contributed by atoms with van der Waals surface area (Å²) in [5, 5.41) is 14.0. The quantitative estimate of drug-likeness (QED) is 0.629. The summed E-state index contributed by atoms with van der Waals surface area (Å²) in [5.74, 6) is 0.666. The van der Waals surface area contributed by atoms with Crippen LogP contribution < -0.4 is 5.32 Å². The minimum atomic E-state index is -0.408. The van der Waals surface area contributed by atoms with E-state index in [-0.39, 0.29) is 5.69 Å². The summed E-state index contributed by atoms with van der Waals surface area (Å²) in [5.41, 5.74) is 1.48. The van der Waals surface area contributed by atoms with Gasteiger partial charge in [0.2, 0.25) is 5.95 Å². The normalized spacial score (nSPS) is 11.1. The van der Waals surface area contributed by atoms with Gasteiger partial charge in [0.1, 0.15) is 0 Å². The van der Waals surface area contributed by atoms with Gasteiger partial charge in [-0.05, 0) is 18.9 Å². The molecule has 0 atom stereocenters. The molecule has 0 aliphatic carbocycles. The van der Waals surface area contributed by atoms with E-state index in [1.807, 2.05) is 0 Å². The largest absolute Gasteiger partial charge is 0.353 e. The fraction of sp³-hybridized carbons (Fsp3) is 0.417. The van der Waals surface area contributed by atoms with Gasteiger partial charge in [-0.25, -0.2) is 4.98 Å². The third-order valence-electron chi connectivity index (χ3n) is 3.00. The zero-order valence-electron chi connectivity index (χ0n) is 10.4. The van der Waals surface area contributed by atoms with Crippen molar-refractivity contribution in [2.75, 3.05) is 5.32 Å². The van der Waals surface area contributed by atoms with Crippen molar-refractivity contribution < 1.29 is 4.92 Å². The molecule has 0 fully saturated rings. The molecule has 0 aliphatic rings. The summed E-state index contributed by atoms with van der Waals surface area (Å²) in [7, 11) is 0. The van der Waals surface area contributed by atoms with Gasteiger partial charge in [-0.15, -0.1) is 0 Å². The molecule has 6 nitrogen and oxygen atoms in total. The Bertz CT molecular complexity index is 560. The number of nitrogens with zero attached hydrogens (tertiary/aromatic N) is 2. The van der Waals surface area contributed by atoms with Crippen LogP contribution in [0.3, 0.4) is 0 Å². The summed E-state index contributed by atoms with van der Waals surface area (Å²) in [6, 6.07) is 4.98. The number of imidazole rings is 1. The maximum absolute atomic E-state index is 10.7. The molecule has 1 aromatic heterocycles. The number of nitro groups is 1. The smallest absolute Gasteiger partial charge is 0.271 e. The lowest BCUT2D eigenvalue weighted by Crippen LogP contribution is -2.17. The Balaban J connectivity index is 2.29. The molecule has 2 aromatic rings. The van der Waals surface area contributed by atoms with E-state index in [1.54, 1.807) is 6.07 Å². The molecule has 2 N–H and O–H groups in total. The first-order chi connectivity index (χ1) is 8.63. The van der Waals surface area contributed by atoms with Crippen LogP contribution in [-0.2, 0) is 0 Å². The van der Waals surface area contributed by atoms with E-state index in [9.17, 15) is 10.1 Å². The van der Waals surface area contributed by atoms with E-state index in [1.165, 1.54) is 12.1 Å². The average Bonchev–Trinajstić information content (AvgIpc) is 2.76. The SMILES string of the molecule is CCC(CC)Nc1nc2ccc([N+](=O)[O-])cc2[nH]1. The number of fused-ring (bicyclic) bond motifs is 1. The van der Waals surface area contributed by atoms with Gasteiger partial charge in [-0.3, -0.25) is 10.1 Å². The molecule has 0 radical (unpaired) electrons. The minimum Gasteiger partial charge on any atom is -0.353 e. The van der Waals surface area contributed by atoms with Crippen molar-refractivity contribution in [1.82, 2.24) is 9.97 Å². The fourth-order valence-electron chi connectivity index (χ4n) is 1.87. The molecule has 0 saturated carbocycles. The molecule has 6 heteroatoms. The molecule has 0 amide bonds. The van der Waals surface area contributed by atoms with Gasteiger partial charge in [0, 0.05) is 18.2 Å². The molecular weight excluding hydrogens is 232 g/mol. The zero-order chi connectivity index (χ0) is 13.1. The highest BCUT2D eigenvalue weighted by Gasteiger charge is 2.11. The van der Waals surface area contributed by atoms with E-state index in [2.05, 4.69) is 29.1 Å². The second kappa shape index (κ2) is 5.03. The van der Waals surface area contributed by atoms with Crippen LogP contribution in [-0.4, -0.2) is 20.9 Å². The molecule has 96 valence electrons. The molecule has 0 aliphatic heterocycles. The number of hydrogen-bond acceptors (Lipinski definition) is 4. The van der Waals surface area contributed by atoms with Crippen molar-refractivity contribution in [3.05, 3.63) is 28.3 Å². The number of aromatic nitrogens is 2. The summed E-state index contributed by atoms with van der Waals surface area (Å²) in [6.45, 7) is 4.21. The average molecular weight is 248 g/mol. The van der Waals surface area contributed by atoms with E-state index < -0.39 is 4.92 Å². The standard InChI is InChI=1S/C12H16N4O2/c1-3-8(4-2)13-12-14-10-6-5-9(16(17)18)7-11(10)15-12/h5-8H,3-4H2,1-2H3,(H2,13,14,15).